The van der Waals surface area contributed by atoms with E-state index < -0.39 is 5.97 Å². The lowest BCUT2D eigenvalue weighted by atomic mass is 10.2. The monoisotopic (exact) mass is 270 g/mol. The van der Waals surface area contributed by atoms with E-state index in [0.717, 1.165) is 19.3 Å². The van der Waals surface area contributed by atoms with Crippen LogP contribution in [0.5, 0.6) is 0 Å². The first kappa shape index (κ1) is 17.2. The molecule has 0 saturated carbocycles. The Kier molecular flexibility index (Phi) is 9.12. The predicted octanol–water partition coefficient (Wildman–Crippen LogP) is 0.911. The average Bonchev–Trinajstić information content (AvgIpc) is 2.53. The number of carbonyl (C=O) groups is 3. The normalized spacial score (nSPS) is 14.9. The molecule has 1 aliphatic rings. The van der Waals surface area contributed by atoms with Crippen LogP contribution in [0.3, 0.4) is 0 Å². The predicted molar refractivity (Wildman–Crippen MR) is 71.3 cm³/mol. The van der Waals surface area contributed by atoms with Crippen LogP contribution in [0.25, 0.3) is 0 Å². The molecule has 0 aromatic rings. The van der Waals surface area contributed by atoms with Crippen molar-refractivity contribution in [1.29, 1.82) is 0 Å². The summed E-state index contributed by atoms with van der Waals surface area (Å²) < 4.78 is 0. The van der Waals surface area contributed by atoms with Crippen molar-refractivity contribution < 1.29 is 19.5 Å². The molecule has 0 atom stereocenters. The molecule has 3 N–H and O–H groups in total. The van der Waals surface area contributed by atoms with E-state index in [9.17, 15) is 14.4 Å². The number of nitrogens with two attached hydrogens (primary N) is 1. The molecule has 0 aromatic heterocycles. The Morgan fingerprint density at radius 2 is 2.05 bits per heavy atom. The topological polar surface area (TPSA) is 101 Å². The molecule has 1 saturated heterocycles. The molecule has 6 heteroatoms. The van der Waals surface area contributed by atoms with Crippen molar-refractivity contribution in [3.8, 4) is 0 Å². The van der Waals surface area contributed by atoms with Gasteiger partial charge in [-0.3, -0.25) is 14.4 Å². The molecule has 2 amide bonds. The number of allylic oxidation sites excluding steroid dienone is 1. The Morgan fingerprint density at radius 1 is 1.37 bits per heavy atom. The second kappa shape index (κ2) is 10.1. The largest absolute Gasteiger partial charge is 0.480 e. The number of rotatable bonds is 5. The fraction of sp³-hybridized carbons (Fsp3) is 0.615. The van der Waals surface area contributed by atoms with Crippen molar-refractivity contribution in [1.82, 2.24) is 4.90 Å². The van der Waals surface area contributed by atoms with Crippen LogP contribution in [0, 0.1) is 0 Å². The number of likely N-dealkylation sites (tertiary alicyclic amines) is 1. The Morgan fingerprint density at radius 3 is 2.53 bits per heavy atom. The molecular weight excluding hydrogens is 248 g/mol. The van der Waals surface area contributed by atoms with E-state index in [1.54, 1.807) is 6.08 Å². The molecule has 0 unspecified atom stereocenters. The first-order chi connectivity index (χ1) is 8.97. The van der Waals surface area contributed by atoms with Gasteiger partial charge < -0.3 is 15.7 Å². The molecular formula is C13H22N2O4. The van der Waals surface area contributed by atoms with Crippen molar-refractivity contribution in [3.63, 3.8) is 0 Å². The van der Waals surface area contributed by atoms with Crippen LogP contribution in [-0.4, -0.2) is 40.9 Å². The molecule has 0 aliphatic carbocycles. The van der Waals surface area contributed by atoms with Gasteiger partial charge in [-0.2, -0.15) is 0 Å². The van der Waals surface area contributed by atoms with Crippen LogP contribution in [-0.2, 0) is 14.4 Å². The van der Waals surface area contributed by atoms with Crippen LogP contribution in [0.2, 0.25) is 0 Å². The highest BCUT2D eigenvalue weighted by Gasteiger charge is 2.18. The van der Waals surface area contributed by atoms with Crippen molar-refractivity contribution in [3.05, 3.63) is 12.7 Å². The number of nitrogens with zero attached hydrogens (tertiary/aromatic N) is 1. The lowest BCUT2D eigenvalue weighted by Gasteiger charge is -2.17. The van der Waals surface area contributed by atoms with Gasteiger partial charge in [-0.1, -0.05) is 12.5 Å². The third kappa shape index (κ3) is 9.82. The van der Waals surface area contributed by atoms with Crippen LogP contribution in [0.15, 0.2) is 12.7 Å². The minimum absolute atomic E-state index is 0.0186. The minimum Gasteiger partial charge on any atom is -0.480 e. The number of hydrogen-bond acceptors (Lipinski definition) is 3. The summed E-state index contributed by atoms with van der Waals surface area (Å²) in [7, 11) is 0. The van der Waals surface area contributed by atoms with E-state index in [-0.39, 0.29) is 18.4 Å². The summed E-state index contributed by atoms with van der Waals surface area (Å²) in [5.74, 6) is -1.21. The van der Waals surface area contributed by atoms with Gasteiger partial charge in [0.15, 0.2) is 0 Å². The number of carboxylic acid groups (broad SMARTS) is 1. The van der Waals surface area contributed by atoms with Crippen LogP contribution in [0.1, 0.15) is 38.5 Å². The Bertz CT molecular complexity index is 329. The van der Waals surface area contributed by atoms with E-state index in [0.29, 0.717) is 25.8 Å². The van der Waals surface area contributed by atoms with E-state index >= 15 is 0 Å². The van der Waals surface area contributed by atoms with Crippen LogP contribution in [0.4, 0.5) is 0 Å². The summed E-state index contributed by atoms with van der Waals surface area (Å²) in [6.07, 6.45) is 6.15. The zero-order chi connectivity index (χ0) is 14.7. The van der Waals surface area contributed by atoms with E-state index in [1.807, 2.05) is 0 Å². The molecule has 6 nitrogen and oxygen atoms in total. The number of carbonyl (C=O) groups excluding carboxylic acids is 2. The number of hydrogen-bond donors (Lipinski definition) is 2. The van der Waals surface area contributed by atoms with Gasteiger partial charge in [-0.25, -0.2) is 0 Å². The molecule has 0 bridgehead atoms. The number of aliphatic carboxylic acids is 1. The van der Waals surface area contributed by atoms with E-state index in [4.69, 9.17) is 10.8 Å². The molecule has 19 heavy (non-hydrogen) atoms. The molecule has 108 valence electrons. The fourth-order valence-electron chi connectivity index (χ4n) is 1.61. The molecule has 0 radical (unpaired) electrons. The minimum atomic E-state index is -0.926. The third-order valence-electron chi connectivity index (χ3n) is 2.59. The van der Waals surface area contributed by atoms with Gasteiger partial charge in [0.1, 0.15) is 6.54 Å². The summed E-state index contributed by atoms with van der Waals surface area (Å²) in [6, 6.07) is 0. The quantitative estimate of drug-likeness (QED) is 0.725. The molecule has 1 rings (SSSR count). The number of primary amides is 1. The van der Waals surface area contributed by atoms with Gasteiger partial charge in [0.25, 0.3) is 0 Å². The molecule has 0 aromatic carbocycles. The molecule has 1 fully saturated rings. The van der Waals surface area contributed by atoms with Gasteiger partial charge in [0, 0.05) is 19.4 Å². The van der Waals surface area contributed by atoms with Gasteiger partial charge in [0.05, 0.1) is 0 Å². The second-order valence-corrected chi connectivity index (χ2v) is 4.31. The van der Waals surface area contributed by atoms with Crippen molar-refractivity contribution in [2.45, 2.75) is 38.5 Å². The highest BCUT2D eigenvalue weighted by Crippen LogP contribution is 2.10. The molecule has 1 heterocycles. The smallest absolute Gasteiger partial charge is 0.323 e. The number of amides is 2. The maximum atomic E-state index is 11.2. The second-order valence-electron chi connectivity index (χ2n) is 4.31. The first-order valence-corrected chi connectivity index (χ1v) is 6.36. The SMILES string of the molecule is C=CCCC(N)=O.O=C(O)CN1CCCCCC1=O. The van der Waals surface area contributed by atoms with Crippen LogP contribution < -0.4 is 5.73 Å². The van der Waals surface area contributed by atoms with Crippen molar-refractivity contribution in [2.75, 3.05) is 13.1 Å². The van der Waals surface area contributed by atoms with Gasteiger partial charge in [-0.15, -0.1) is 6.58 Å². The van der Waals surface area contributed by atoms with E-state index in [1.165, 1.54) is 4.90 Å². The Balaban J connectivity index is 0.000000399. The lowest BCUT2D eigenvalue weighted by Crippen LogP contribution is -2.34. The lowest BCUT2D eigenvalue weighted by molar-refractivity contribution is -0.144. The zero-order valence-corrected chi connectivity index (χ0v) is 11.1. The third-order valence-corrected chi connectivity index (χ3v) is 2.59. The summed E-state index contributed by atoms with van der Waals surface area (Å²) in [6.45, 7) is 3.89. The maximum Gasteiger partial charge on any atom is 0.323 e. The highest BCUT2D eigenvalue weighted by molar-refractivity contribution is 5.81. The average molecular weight is 270 g/mol. The van der Waals surface area contributed by atoms with Crippen molar-refractivity contribution >= 4 is 17.8 Å². The Hall–Kier alpha value is -1.85. The number of carboxylic acids is 1. The first-order valence-electron chi connectivity index (χ1n) is 6.36. The summed E-state index contributed by atoms with van der Waals surface area (Å²) in [4.78, 5) is 32.9. The van der Waals surface area contributed by atoms with Crippen LogP contribution >= 0.6 is 0 Å². The Labute approximate surface area is 113 Å². The zero-order valence-electron chi connectivity index (χ0n) is 11.1. The summed E-state index contributed by atoms with van der Waals surface area (Å²) in [5, 5.41) is 8.48. The van der Waals surface area contributed by atoms with Gasteiger partial charge in [-0.05, 0) is 19.3 Å². The fourth-order valence-corrected chi connectivity index (χ4v) is 1.61. The summed E-state index contributed by atoms with van der Waals surface area (Å²) in [5.41, 5.74) is 4.79. The van der Waals surface area contributed by atoms with Gasteiger partial charge >= 0.3 is 5.97 Å². The maximum absolute atomic E-state index is 11.2. The molecule has 0 spiro atoms. The van der Waals surface area contributed by atoms with Gasteiger partial charge in [0.2, 0.25) is 11.8 Å². The highest BCUT2D eigenvalue weighted by atomic mass is 16.4. The summed E-state index contributed by atoms with van der Waals surface area (Å²) >= 11 is 0. The van der Waals surface area contributed by atoms with Crippen molar-refractivity contribution in [2.24, 2.45) is 5.73 Å². The van der Waals surface area contributed by atoms with E-state index in [2.05, 4.69) is 6.58 Å². The molecule has 1 aliphatic heterocycles. The standard InChI is InChI=1S/C8H13NO3.C5H9NO/c10-7-4-2-1-3-5-9(7)6-8(11)12;1-2-3-4-5(6)7/h1-6H2,(H,11,12);2H,1,3-4H2,(H2,6,7).